The first-order valence-corrected chi connectivity index (χ1v) is 8.32. The van der Waals surface area contributed by atoms with Crippen molar-refractivity contribution >= 4 is 50.9 Å². The lowest BCUT2D eigenvalue weighted by atomic mass is 9.93. The number of imide groups is 1. The predicted octanol–water partition coefficient (Wildman–Crippen LogP) is 4.55. The van der Waals surface area contributed by atoms with E-state index in [0.29, 0.717) is 16.8 Å². The highest BCUT2D eigenvalue weighted by molar-refractivity contribution is 14.1. The van der Waals surface area contributed by atoms with Gasteiger partial charge in [-0.1, -0.05) is 24.3 Å². The quantitative estimate of drug-likeness (QED) is 0.434. The van der Waals surface area contributed by atoms with Crippen molar-refractivity contribution < 1.29 is 9.59 Å². The molecular formula is C19H12INO2. The Kier molecular flexibility index (Phi) is 3.23. The van der Waals surface area contributed by atoms with E-state index in [1.807, 2.05) is 49.4 Å². The zero-order valence-corrected chi connectivity index (χ0v) is 14.5. The molecule has 0 aliphatic carbocycles. The molecule has 3 aromatic rings. The van der Waals surface area contributed by atoms with E-state index in [0.717, 1.165) is 19.9 Å². The predicted molar refractivity (Wildman–Crippen MR) is 99.0 cm³/mol. The molecule has 0 unspecified atom stereocenters. The van der Waals surface area contributed by atoms with Crippen LogP contribution in [0.25, 0.3) is 10.8 Å². The second kappa shape index (κ2) is 5.16. The Morgan fingerprint density at radius 1 is 0.870 bits per heavy atom. The molecular weight excluding hydrogens is 401 g/mol. The number of hydrogen-bond donors (Lipinski definition) is 0. The number of amides is 2. The van der Waals surface area contributed by atoms with Crippen molar-refractivity contribution in [3.05, 3.63) is 74.9 Å². The van der Waals surface area contributed by atoms with Crippen LogP contribution in [0, 0.1) is 10.5 Å². The second-order valence-electron chi connectivity index (χ2n) is 5.59. The van der Waals surface area contributed by atoms with Crippen LogP contribution in [0.3, 0.4) is 0 Å². The van der Waals surface area contributed by atoms with Gasteiger partial charge in [-0.05, 0) is 70.8 Å². The molecule has 112 valence electrons. The number of carbonyl (C=O) groups is 2. The minimum atomic E-state index is -0.264. The van der Waals surface area contributed by atoms with Gasteiger partial charge >= 0.3 is 0 Å². The first-order valence-electron chi connectivity index (χ1n) is 7.24. The van der Waals surface area contributed by atoms with Crippen LogP contribution >= 0.6 is 22.6 Å². The van der Waals surface area contributed by atoms with E-state index < -0.39 is 0 Å². The van der Waals surface area contributed by atoms with Crippen LogP contribution in [0.4, 0.5) is 5.69 Å². The number of rotatable bonds is 1. The molecule has 4 rings (SSSR count). The molecule has 3 nitrogen and oxygen atoms in total. The third-order valence-electron chi connectivity index (χ3n) is 4.17. The monoisotopic (exact) mass is 413 g/mol. The number of nitrogens with zero attached hydrogens (tertiary/aromatic N) is 1. The Hall–Kier alpha value is -2.21. The SMILES string of the molecule is Cc1cc(N2C(=O)c3cccc4cccc(c34)C2=O)ccc1I. The van der Waals surface area contributed by atoms with Crippen molar-refractivity contribution in [3.63, 3.8) is 0 Å². The fourth-order valence-electron chi connectivity index (χ4n) is 3.03. The summed E-state index contributed by atoms with van der Waals surface area (Å²) in [6.45, 7) is 1.97. The van der Waals surface area contributed by atoms with Gasteiger partial charge in [0.25, 0.3) is 11.8 Å². The summed E-state index contributed by atoms with van der Waals surface area (Å²) in [6.07, 6.45) is 0. The molecule has 4 heteroatoms. The van der Waals surface area contributed by atoms with Crippen molar-refractivity contribution in [2.75, 3.05) is 4.90 Å². The highest BCUT2D eigenvalue weighted by atomic mass is 127. The summed E-state index contributed by atoms with van der Waals surface area (Å²) >= 11 is 2.24. The number of halogens is 1. The summed E-state index contributed by atoms with van der Waals surface area (Å²) in [4.78, 5) is 27.1. The molecule has 0 spiro atoms. The summed E-state index contributed by atoms with van der Waals surface area (Å²) in [5.74, 6) is -0.528. The van der Waals surface area contributed by atoms with Crippen LogP contribution in [0.1, 0.15) is 26.3 Å². The molecule has 0 aromatic heterocycles. The maximum atomic E-state index is 12.9. The van der Waals surface area contributed by atoms with Gasteiger partial charge in [-0.15, -0.1) is 0 Å². The Balaban J connectivity index is 1.97. The smallest absolute Gasteiger partial charge is 0.265 e. The van der Waals surface area contributed by atoms with Gasteiger partial charge in [0.05, 0.1) is 5.69 Å². The topological polar surface area (TPSA) is 37.4 Å². The zero-order valence-electron chi connectivity index (χ0n) is 12.3. The molecule has 0 bridgehead atoms. The van der Waals surface area contributed by atoms with Gasteiger partial charge in [0.2, 0.25) is 0 Å². The molecule has 0 atom stereocenters. The van der Waals surface area contributed by atoms with Gasteiger partial charge in [-0.25, -0.2) is 4.90 Å². The van der Waals surface area contributed by atoms with Crippen LogP contribution in [0.15, 0.2) is 54.6 Å². The molecule has 0 radical (unpaired) electrons. The molecule has 0 N–H and O–H groups in total. The average Bonchev–Trinajstić information content (AvgIpc) is 2.56. The Labute approximate surface area is 147 Å². The van der Waals surface area contributed by atoms with Crippen molar-refractivity contribution in [2.45, 2.75) is 6.92 Å². The normalized spacial score (nSPS) is 13.7. The van der Waals surface area contributed by atoms with Crippen molar-refractivity contribution in [1.82, 2.24) is 0 Å². The van der Waals surface area contributed by atoms with Gasteiger partial charge in [0.15, 0.2) is 0 Å². The molecule has 0 saturated carbocycles. The molecule has 23 heavy (non-hydrogen) atoms. The molecule has 1 aliphatic heterocycles. The first kappa shape index (κ1) is 14.4. The van der Waals surface area contributed by atoms with Crippen LogP contribution in [0.2, 0.25) is 0 Å². The van der Waals surface area contributed by atoms with Crippen LogP contribution < -0.4 is 4.90 Å². The summed E-state index contributed by atoms with van der Waals surface area (Å²) in [5.41, 5.74) is 2.81. The molecule has 2 amide bonds. The lowest BCUT2D eigenvalue weighted by molar-refractivity contribution is 0.0893. The minimum absolute atomic E-state index is 0.264. The first-order chi connectivity index (χ1) is 11.1. The number of hydrogen-bond acceptors (Lipinski definition) is 2. The Morgan fingerprint density at radius 2 is 1.48 bits per heavy atom. The van der Waals surface area contributed by atoms with E-state index in [1.54, 1.807) is 12.1 Å². The third-order valence-corrected chi connectivity index (χ3v) is 5.38. The largest absolute Gasteiger partial charge is 0.268 e. The van der Waals surface area contributed by atoms with Gasteiger partial charge in [-0.3, -0.25) is 9.59 Å². The summed E-state index contributed by atoms with van der Waals surface area (Å²) in [7, 11) is 0. The zero-order chi connectivity index (χ0) is 16.1. The molecule has 0 fully saturated rings. The Bertz CT molecular complexity index is 943. The van der Waals surface area contributed by atoms with Gasteiger partial charge in [0, 0.05) is 20.1 Å². The van der Waals surface area contributed by atoms with Crippen LogP contribution in [-0.4, -0.2) is 11.8 Å². The molecule has 0 saturated heterocycles. The molecule has 3 aromatic carbocycles. The summed E-state index contributed by atoms with van der Waals surface area (Å²) < 4.78 is 1.10. The highest BCUT2D eigenvalue weighted by Gasteiger charge is 2.33. The standard InChI is InChI=1S/C19H12INO2/c1-11-10-13(8-9-16(11)20)21-18(22)14-6-2-4-12-5-3-7-15(17(12)14)19(21)23/h2-10H,1H3. The van der Waals surface area contributed by atoms with Crippen LogP contribution in [-0.2, 0) is 0 Å². The van der Waals surface area contributed by atoms with E-state index >= 15 is 0 Å². The fraction of sp³-hybridized carbons (Fsp3) is 0.0526. The van der Waals surface area contributed by atoms with Gasteiger partial charge in [-0.2, -0.15) is 0 Å². The summed E-state index contributed by atoms with van der Waals surface area (Å²) in [5, 5.41) is 1.67. The Morgan fingerprint density at radius 3 is 2.04 bits per heavy atom. The van der Waals surface area contributed by atoms with E-state index in [9.17, 15) is 9.59 Å². The van der Waals surface area contributed by atoms with Gasteiger partial charge < -0.3 is 0 Å². The molecule has 1 aliphatic rings. The lowest BCUT2D eigenvalue weighted by Crippen LogP contribution is -2.40. The number of anilines is 1. The van der Waals surface area contributed by atoms with E-state index in [-0.39, 0.29) is 11.8 Å². The third kappa shape index (κ3) is 2.09. The number of aryl methyl sites for hydroxylation is 1. The molecule has 1 heterocycles. The van der Waals surface area contributed by atoms with Crippen LogP contribution in [0.5, 0.6) is 0 Å². The van der Waals surface area contributed by atoms with Crippen molar-refractivity contribution in [3.8, 4) is 0 Å². The van der Waals surface area contributed by atoms with E-state index in [1.165, 1.54) is 4.90 Å². The second-order valence-corrected chi connectivity index (χ2v) is 6.75. The maximum absolute atomic E-state index is 12.9. The van der Waals surface area contributed by atoms with Crippen molar-refractivity contribution in [1.29, 1.82) is 0 Å². The lowest BCUT2D eigenvalue weighted by Gasteiger charge is -2.27. The highest BCUT2D eigenvalue weighted by Crippen LogP contribution is 2.33. The van der Waals surface area contributed by atoms with Crippen molar-refractivity contribution in [2.24, 2.45) is 0 Å². The number of benzene rings is 3. The minimum Gasteiger partial charge on any atom is -0.268 e. The number of carbonyl (C=O) groups excluding carboxylic acids is 2. The van der Waals surface area contributed by atoms with E-state index in [2.05, 4.69) is 22.6 Å². The fourth-order valence-corrected chi connectivity index (χ4v) is 3.37. The van der Waals surface area contributed by atoms with Gasteiger partial charge in [0.1, 0.15) is 0 Å². The van der Waals surface area contributed by atoms with E-state index in [4.69, 9.17) is 0 Å². The maximum Gasteiger partial charge on any atom is 0.265 e. The average molecular weight is 413 g/mol. The summed E-state index contributed by atoms with van der Waals surface area (Å²) in [6, 6.07) is 16.7.